The third kappa shape index (κ3) is 2.28. The van der Waals surface area contributed by atoms with Gasteiger partial charge in [-0.05, 0) is 30.7 Å². The highest BCUT2D eigenvalue weighted by Crippen LogP contribution is 2.29. The summed E-state index contributed by atoms with van der Waals surface area (Å²) < 4.78 is 0. The van der Waals surface area contributed by atoms with Crippen molar-refractivity contribution < 1.29 is 4.79 Å². The van der Waals surface area contributed by atoms with Crippen molar-refractivity contribution in [3.05, 3.63) is 58.6 Å². The van der Waals surface area contributed by atoms with Crippen LogP contribution in [0.1, 0.15) is 34.8 Å². The molecule has 1 amide bonds. The summed E-state index contributed by atoms with van der Waals surface area (Å²) in [6, 6.07) is 9.38. The molecule has 1 aliphatic heterocycles. The van der Waals surface area contributed by atoms with Gasteiger partial charge < -0.3 is 9.88 Å². The van der Waals surface area contributed by atoms with Crippen molar-refractivity contribution in [2.24, 2.45) is 0 Å². The molecule has 0 fully saturated rings. The molecule has 0 saturated heterocycles. The lowest BCUT2D eigenvalue weighted by Gasteiger charge is -2.34. The Morgan fingerprint density at radius 1 is 1.35 bits per heavy atom. The zero-order valence-corrected chi connectivity index (χ0v) is 13.3. The second-order valence-electron chi connectivity index (χ2n) is 5.69. The Morgan fingerprint density at radius 2 is 2.22 bits per heavy atom. The average Bonchev–Trinajstić information content (AvgIpc) is 3.01. The number of aromatic nitrogens is 3. The molecule has 1 atom stereocenters. The molecule has 6 heteroatoms. The van der Waals surface area contributed by atoms with Crippen molar-refractivity contribution in [1.82, 2.24) is 19.9 Å². The lowest BCUT2D eigenvalue weighted by molar-refractivity contribution is 0.0665. The van der Waals surface area contributed by atoms with E-state index < -0.39 is 0 Å². The van der Waals surface area contributed by atoms with E-state index in [1.807, 2.05) is 36.1 Å². The standard InChI is InChI=1S/C17H15ClN4O/c1-10-11-4-3-8-19-13(11)7-9-22(10)17(23)16-20-14-6-2-5-12(18)15(14)21-16/h2-6,8,10H,7,9H2,1H3,(H,20,21)/t10-/m0/s1. The lowest BCUT2D eigenvalue weighted by atomic mass is 9.98. The summed E-state index contributed by atoms with van der Waals surface area (Å²) in [6.07, 6.45) is 2.55. The van der Waals surface area contributed by atoms with Crippen molar-refractivity contribution in [2.45, 2.75) is 19.4 Å². The molecule has 1 N–H and O–H groups in total. The lowest BCUT2D eigenvalue weighted by Crippen LogP contribution is -2.39. The first-order valence-corrected chi connectivity index (χ1v) is 7.92. The van der Waals surface area contributed by atoms with E-state index in [9.17, 15) is 4.79 Å². The maximum atomic E-state index is 12.9. The number of fused-ring (bicyclic) bond motifs is 2. The molecule has 1 aliphatic rings. The zero-order chi connectivity index (χ0) is 16.0. The van der Waals surface area contributed by atoms with Gasteiger partial charge in [0.25, 0.3) is 5.91 Å². The van der Waals surface area contributed by atoms with E-state index in [0.717, 1.165) is 23.2 Å². The smallest absolute Gasteiger partial charge is 0.290 e. The molecule has 0 saturated carbocycles. The number of imidazole rings is 1. The summed E-state index contributed by atoms with van der Waals surface area (Å²) in [5.41, 5.74) is 3.56. The van der Waals surface area contributed by atoms with Gasteiger partial charge in [0.1, 0.15) is 5.52 Å². The minimum Gasteiger partial charge on any atom is -0.334 e. The van der Waals surface area contributed by atoms with Crippen LogP contribution < -0.4 is 0 Å². The summed E-state index contributed by atoms with van der Waals surface area (Å²) in [5, 5.41) is 0.541. The first-order chi connectivity index (χ1) is 11.1. The van der Waals surface area contributed by atoms with E-state index in [2.05, 4.69) is 15.0 Å². The van der Waals surface area contributed by atoms with Gasteiger partial charge in [0.2, 0.25) is 0 Å². The Kier molecular flexibility index (Phi) is 3.31. The van der Waals surface area contributed by atoms with Crippen LogP contribution in [0.5, 0.6) is 0 Å². The molecule has 3 aromatic rings. The summed E-state index contributed by atoms with van der Waals surface area (Å²) in [7, 11) is 0. The van der Waals surface area contributed by atoms with Gasteiger partial charge in [-0.15, -0.1) is 0 Å². The highest BCUT2D eigenvalue weighted by molar-refractivity contribution is 6.35. The van der Waals surface area contributed by atoms with Gasteiger partial charge in [0.05, 0.1) is 16.6 Å². The number of carbonyl (C=O) groups is 1. The van der Waals surface area contributed by atoms with E-state index >= 15 is 0 Å². The van der Waals surface area contributed by atoms with E-state index in [4.69, 9.17) is 11.6 Å². The number of hydrogen-bond donors (Lipinski definition) is 1. The number of carbonyl (C=O) groups excluding carboxylic acids is 1. The number of nitrogens with one attached hydrogen (secondary N) is 1. The van der Waals surface area contributed by atoms with Crippen LogP contribution in [0.2, 0.25) is 5.02 Å². The average molecular weight is 327 g/mol. The molecule has 5 nitrogen and oxygen atoms in total. The van der Waals surface area contributed by atoms with Crippen LogP contribution in [0, 0.1) is 0 Å². The Bertz CT molecular complexity index is 904. The number of rotatable bonds is 1. The van der Waals surface area contributed by atoms with E-state index in [0.29, 0.717) is 22.9 Å². The zero-order valence-electron chi connectivity index (χ0n) is 12.6. The molecule has 23 heavy (non-hydrogen) atoms. The highest BCUT2D eigenvalue weighted by atomic mass is 35.5. The third-order valence-corrected chi connectivity index (χ3v) is 4.66. The van der Waals surface area contributed by atoms with Gasteiger partial charge in [-0.1, -0.05) is 23.7 Å². The Hall–Kier alpha value is -2.40. The van der Waals surface area contributed by atoms with Crippen molar-refractivity contribution in [2.75, 3.05) is 6.54 Å². The summed E-state index contributed by atoms with van der Waals surface area (Å²) in [5.74, 6) is 0.214. The van der Waals surface area contributed by atoms with E-state index in [1.54, 1.807) is 12.3 Å². The first-order valence-electron chi connectivity index (χ1n) is 7.54. The second-order valence-corrected chi connectivity index (χ2v) is 6.09. The molecule has 1 aromatic carbocycles. The summed E-state index contributed by atoms with van der Waals surface area (Å²) in [6.45, 7) is 2.65. The normalized spacial score (nSPS) is 17.3. The summed E-state index contributed by atoms with van der Waals surface area (Å²) in [4.78, 5) is 26.6. The fourth-order valence-corrected chi connectivity index (χ4v) is 3.36. The third-order valence-electron chi connectivity index (χ3n) is 4.36. The van der Waals surface area contributed by atoms with Crippen molar-refractivity contribution >= 4 is 28.5 Å². The van der Waals surface area contributed by atoms with E-state index in [1.165, 1.54) is 0 Å². The number of H-pyrrole nitrogens is 1. The highest BCUT2D eigenvalue weighted by Gasteiger charge is 2.30. The molecular weight excluding hydrogens is 312 g/mol. The Morgan fingerprint density at radius 3 is 3.04 bits per heavy atom. The number of benzene rings is 1. The van der Waals surface area contributed by atoms with Gasteiger partial charge in [-0.2, -0.15) is 0 Å². The van der Waals surface area contributed by atoms with Crippen LogP contribution in [-0.4, -0.2) is 32.3 Å². The first kappa shape index (κ1) is 14.2. The minimum atomic E-state index is -0.112. The molecule has 116 valence electrons. The number of halogens is 1. The number of aromatic amines is 1. The quantitative estimate of drug-likeness (QED) is 0.745. The molecule has 0 aliphatic carbocycles. The van der Waals surface area contributed by atoms with Gasteiger partial charge in [0.15, 0.2) is 5.82 Å². The molecule has 3 heterocycles. The van der Waals surface area contributed by atoms with Crippen LogP contribution in [0.3, 0.4) is 0 Å². The number of hydrogen-bond acceptors (Lipinski definition) is 3. The predicted octanol–water partition coefficient (Wildman–Crippen LogP) is 3.37. The van der Waals surface area contributed by atoms with E-state index in [-0.39, 0.29) is 11.9 Å². The molecule has 0 bridgehead atoms. The van der Waals surface area contributed by atoms with Crippen molar-refractivity contribution in [1.29, 1.82) is 0 Å². The van der Waals surface area contributed by atoms with Gasteiger partial charge in [0, 0.05) is 24.9 Å². The fourth-order valence-electron chi connectivity index (χ4n) is 3.14. The molecular formula is C17H15ClN4O. The number of para-hydroxylation sites is 1. The minimum absolute atomic E-state index is 0.0244. The molecule has 0 radical (unpaired) electrons. The predicted molar refractivity (Wildman–Crippen MR) is 88.5 cm³/mol. The topological polar surface area (TPSA) is 61.9 Å². The number of amides is 1. The fraction of sp³-hybridized carbons (Fsp3) is 0.235. The molecule has 0 unspecified atom stereocenters. The van der Waals surface area contributed by atoms with Crippen LogP contribution in [-0.2, 0) is 6.42 Å². The number of nitrogens with zero attached hydrogens (tertiary/aromatic N) is 3. The molecule has 2 aromatic heterocycles. The molecule has 4 rings (SSSR count). The largest absolute Gasteiger partial charge is 0.334 e. The number of pyridine rings is 1. The summed E-state index contributed by atoms with van der Waals surface area (Å²) >= 11 is 6.14. The monoisotopic (exact) mass is 326 g/mol. The van der Waals surface area contributed by atoms with Crippen LogP contribution in [0.15, 0.2) is 36.5 Å². The maximum Gasteiger partial charge on any atom is 0.290 e. The SMILES string of the molecule is C[C@H]1c2cccnc2CCN1C(=O)c1nc2c(Cl)cccc2[nH]1. The molecule has 0 spiro atoms. The van der Waals surface area contributed by atoms with Crippen LogP contribution >= 0.6 is 11.6 Å². The van der Waals surface area contributed by atoms with Gasteiger partial charge in [-0.3, -0.25) is 9.78 Å². The van der Waals surface area contributed by atoms with Crippen molar-refractivity contribution in [3.63, 3.8) is 0 Å². The second kappa shape index (κ2) is 5.35. The Labute approximate surface area is 138 Å². The Balaban J connectivity index is 1.70. The van der Waals surface area contributed by atoms with Crippen molar-refractivity contribution in [3.8, 4) is 0 Å². The van der Waals surface area contributed by atoms with Crippen LogP contribution in [0.4, 0.5) is 0 Å². The van der Waals surface area contributed by atoms with Crippen LogP contribution in [0.25, 0.3) is 11.0 Å². The maximum absolute atomic E-state index is 12.9. The van der Waals surface area contributed by atoms with Gasteiger partial charge in [-0.25, -0.2) is 4.98 Å². The van der Waals surface area contributed by atoms with Gasteiger partial charge >= 0.3 is 0 Å².